The Hall–Kier alpha value is -2.85. The topological polar surface area (TPSA) is 103 Å². The Bertz CT molecular complexity index is 651. The summed E-state index contributed by atoms with van der Waals surface area (Å²) >= 11 is 0. The van der Waals surface area contributed by atoms with Crippen LogP contribution in [0.1, 0.15) is 10.4 Å². The highest BCUT2D eigenvalue weighted by Gasteiger charge is 2.38. The van der Waals surface area contributed by atoms with Gasteiger partial charge in [0.15, 0.2) is 0 Å². The van der Waals surface area contributed by atoms with E-state index in [1.54, 1.807) is 42.2 Å². The molecule has 2 heterocycles. The summed E-state index contributed by atoms with van der Waals surface area (Å²) in [6, 6.07) is 3.43. The molecular formula is C14H17F3N4O4. The van der Waals surface area contributed by atoms with Gasteiger partial charge in [-0.1, -0.05) is 0 Å². The molecule has 138 valence electrons. The number of hydrogen-bond acceptors (Lipinski definition) is 5. The quantitative estimate of drug-likeness (QED) is 0.802. The average molecular weight is 362 g/mol. The number of carboxylic acids is 1. The summed E-state index contributed by atoms with van der Waals surface area (Å²) in [5, 5.41) is 10.0. The van der Waals surface area contributed by atoms with E-state index in [0.29, 0.717) is 24.5 Å². The molecule has 1 saturated heterocycles. The number of hydrogen-bond donors (Lipinski definition) is 2. The summed E-state index contributed by atoms with van der Waals surface area (Å²) < 4.78 is 31.7. The van der Waals surface area contributed by atoms with Gasteiger partial charge in [0.05, 0.1) is 5.56 Å². The molecule has 0 bridgehead atoms. The van der Waals surface area contributed by atoms with E-state index in [1.165, 1.54) is 0 Å². The number of aromatic nitrogens is 1. The van der Waals surface area contributed by atoms with E-state index in [0.717, 1.165) is 0 Å². The number of nitrogens with one attached hydrogen (secondary N) is 1. The first kappa shape index (κ1) is 20.2. The molecule has 0 atom stereocenters. The molecule has 2 N–H and O–H groups in total. The minimum absolute atomic E-state index is 0.0375. The highest BCUT2D eigenvalue weighted by molar-refractivity contribution is 6.00. The molecule has 2 rings (SSSR count). The average Bonchev–Trinajstić information content (AvgIpc) is 2.56. The number of anilines is 1. The normalized spacial score (nSPS) is 14.5. The molecule has 0 radical (unpaired) electrons. The zero-order chi connectivity index (χ0) is 19.2. The van der Waals surface area contributed by atoms with Crippen molar-refractivity contribution in [2.24, 2.45) is 0 Å². The minimum atomic E-state index is -5.08. The SMILES string of the molecule is CNc1ncccc1C(=O)N1CCN(C)C(=O)C1.O=C(O)C(F)(F)F. The number of piperazine rings is 1. The van der Waals surface area contributed by atoms with Gasteiger partial charge in [-0.25, -0.2) is 9.78 Å². The summed E-state index contributed by atoms with van der Waals surface area (Å²) in [7, 11) is 3.46. The first-order valence-electron chi connectivity index (χ1n) is 7.04. The predicted octanol–water partition coefficient (Wildman–Crippen LogP) is 0.671. The summed E-state index contributed by atoms with van der Waals surface area (Å²) in [6.07, 6.45) is -3.46. The molecule has 25 heavy (non-hydrogen) atoms. The third kappa shape index (κ3) is 5.62. The number of amides is 2. The molecule has 1 aromatic heterocycles. The van der Waals surface area contributed by atoms with E-state index in [1.807, 2.05) is 0 Å². The molecule has 0 aliphatic carbocycles. The van der Waals surface area contributed by atoms with E-state index in [9.17, 15) is 22.8 Å². The van der Waals surface area contributed by atoms with Gasteiger partial charge in [-0.15, -0.1) is 0 Å². The summed E-state index contributed by atoms with van der Waals surface area (Å²) in [5.41, 5.74) is 0.498. The van der Waals surface area contributed by atoms with Crippen molar-refractivity contribution in [1.29, 1.82) is 0 Å². The first-order chi connectivity index (χ1) is 11.6. The molecule has 0 unspecified atom stereocenters. The third-order valence-electron chi connectivity index (χ3n) is 3.26. The van der Waals surface area contributed by atoms with Crippen LogP contribution in [-0.4, -0.2) is 77.6 Å². The number of pyridine rings is 1. The second-order valence-electron chi connectivity index (χ2n) is 4.99. The number of alkyl halides is 3. The van der Waals surface area contributed by atoms with E-state index < -0.39 is 12.1 Å². The van der Waals surface area contributed by atoms with Crippen molar-refractivity contribution in [2.45, 2.75) is 6.18 Å². The van der Waals surface area contributed by atoms with Gasteiger partial charge in [0, 0.05) is 33.4 Å². The maximum absolute atomic E-state index is 12.3. The Balaban J connectivity index is 0.000000381. The van der Waals surface area contributed by atoms with E-state index in [-0.39, 0.29) is 18.4 Å². The van der Waals surface area contributed by atoms with Crippen molar-refractivity contribution < 1.29 is 32.7 Å². The molecular weight excluding hydrogens is 345 g/mol. The van der Waals surface area contributed by atoms with Crippen LogP contribution in [-0.2, 0) is 9.59 Å². The fraction of sp³-hybridized carbons (Fsp3) is 0.429. The number of halogens is 3. The molecule has 11 heteroatoms. The Morgan fingerprint density at radius 1 is 1.32 bits per heavy atom. The van der Waals surface area contributed by atoms with Crippen molar-refractivity contribution in [2.75, 3.05) is 39.0 Å². The van der Waals surface area contributed by atoms with Crippen molar-refractivity contribution >= 4 is 23.6 Å². The zero-order valence-corrected chi connectivity index (χ0v) is 13.5. The lowest BCUT2D eigenvalue weighted by Crippen LogP contribution is -2.50. The Morgan fingerprint density at radius 2 is 1.92 bits per heavy atom. The molecule has 2 amide bonds. The molecule has 1 fully saturated rings. The summed E-state index contributed by atoms with van der Waals surface area (Å²) in [5.74, 6) is -2.42. The Morgan fingerprint density at radius 3 is 2.40 bits per heavy atom. The van der Waals surface area contributed by atoms with Gasteiger partial charge < -0.3 is 20.2 Å². The van der Waals surface area contributed by atoms with Gasteiger partial charge in [-0.3, -0.25) is 9.59 Å². The first-order valence-corrected chi connectivity index (χ1v) is 7.04. The monoisotopic (exact) mass is 362 g/mol. The van der Waals surface area contributed by atoms with E-state index in [4.69, 9.17) is 9.90 Å². The van der Waals surface area contributed by atoms with Crippen LogP contribution < -0.4 is 5.32 Å². The molecule has 0 spiro atoms. The largest absolute Gasteiger partial charge is 0.490 e. The van der Waals surface area contributed by atoms with Crippen molar-refractivity contribution in [3.8, 4) is 0 Å². The van der Waals surface area contributed by atoms with Crippen LogP contribution in [0.25, 0.3) is 0 Å². The van der Waals surface area contributed by atoms with E-state index in [2.05, 4.69) is 10.3 Å². The standard InChI is InChI=1S/C12H16N4O2.C2HF3O2/c1-13-11-9(4-3-5-14-11)12(18)16-7-6-15(2)10(17)8-16;3-2(4,5)1(6)7/h3-5H,6-8H2,1-2H3,(H,13,14);(H,6,7). The van der Waals surface area contributed by atoms with Gasteiger partial charge in [-0.2, -0.15) is 13.2 Å². The maximum Gasteiger partial charge on any atom is 0.490 e. The summed E-state index contributed by atoms with van der Waals surface area (Å²) in [6.45, 7) is 1.26. The number of aliphatic carboxylic acids is 1. The number of likely N-dealkylation sites (N-methyl/N-ethyl adjacent to an activating group) is 1. The lowest BCUT2D eigenvalue weighted by Gasteiger charge is -2.32. The molecule has 1 aliphatic heterocycles. The number of carbonyl (C=O) groups is 3. The number of rotatable bonds is 2. The number of carboxylic acid groups (broad SMARTS) is 1. The van der Waals surface area contributed by atoms with Crippen LogP contribution in [0.3, 0.4) is 0 Å². The highest BCUT2D eigenvalue weighted by Crippen LogP contribution is 2.15. The second-order valence-corrected chi connectivity index (χ2v) is 4.99. The van der Waals surface area contributed by atoms with Gasteiger partial charge in [-0.05, 0) is 12.1 Å². The molecule has 0 aromatic carbocycles. The van der Waals surface area contributed by atoms with Crippen LogP contribution in [0.2, 0.25) is 0 Å². The van der Waals surface area contributed by atoms with Crippen molar-refractivity contribution in [1.82, 2.24) is 14.8 Å². The third-order valence-corrected chi connectivity index (χ3v) is 3.26. The molecule has 1 aliphatic rings. The number of carbonyl (C=O) groups excluding carboxylic acids is 2. The summed E-state index contributed by atoms with van der Waals surface area (Å²) in [4.78, 5) is 40.1. The van der Waals surface area contributed by atoms with E-state index >= 15 is 0 Å². The van der Waals surface area contributed by atoms with Gasteiger partial charge in [0.25, 0.3) is 5.91 Å². The second kappa shape index (κ2) is 8.31. The smallest absolute Gasteiger partial charge is 0.475 e. The number of nitrogens with zero attached hydrogens (tertiary/aromatic N) is 3. The lowest BCUT2D eigenvalue weighted by atomic mass is 10.2. The molecule has 0 saturated carbocycles. The predicted molar refractivity (Wildman–Crippen MR) is 81.0 cm³/mol. The molecule has 8 nitrogen and oxygen atoms in total. The highest BCUT2D eigenvalue weighted by atomic mass is 19.4. The van der Waals surface area contributed by atoms with Crippen LogP contribution in [0.15, 0.2) is 18.3 Å². The Labute approximate surface area is 141 Å². The zero-order valence-electron chi connectivity index (χ0n) is 13.5. The van der Waals surface area contributed by atoms with Crippen LogP contribution >= 0.6 is 0 Å². The van der Waals surface area contributed by atoms with Crippen LogP contribution in [0.4, 0.5) is 19.0 Å². The van der Waals surface area contributed by atoms with Crippen molar-refractivity contribution in [3.63, 3.8) is 0 Å². The Kier molecular flexibility index (Phi) is 6.71. The fourth-order valence-corrected chi connectivity index (χ4v) is 1.88. The molecule has 1 aromatic rings. The van der Waals surface area contributed by atoms with Crippen LogP contribution in [0.5, 0.6) is 0 Å². The fourth-order valence-electron chi connectivity index (χ4n) is 1.88. The maximum atomic E-state index is 12.3. The van der Waals surface area contributed by atoms with Crippen LogP contribution in [0, 0.1) is 0 Å². The van der Waals surface area contributed by atoms with Gasteiger partial charge >= 0.3 is 12.1 Å². The van der Waals surface area contributed by atoms with Crippen molar-refractivity contribution in [3.05, 3.63) is 23.9 Å². The van der Waals surface area contributed by atoms with Gasteiger partial charge in [0.1, 0.15) is 12.4 Å². The lowest BCUT2D eigenvalue weighted by molar-refractivity contribution is -0.192. The van der Waals surface area contributed by atoms with Gasteiger partial charge in [0.2, 0.25) is 5.91 Å². The minimum Gasteiger partial charge on any atom is -0.475 e.